The molecule has 3 N–H and O–H groups in total. The van der Waals surface area contributed by atoms with E-state index < -0.39 is 24.0 Å². The zero-order chi connectivity index (χ0) is 57.9. The largest absolute Gasteiger partial charge is 0.466 e. The summed E-state index contributed by atoms with van der Waals surface area (Å²) >= 11 is 14.3. The summed E-state index contributed by atoms with van der Waals surface area (Å²) in [4.78, 5) is 84.3. The standard InChI is InChI=1S/C32H37NO8S4.C18H20O2S4.C7H9NO3/c1-4-29(34)38-14-5-8-30(35)39-15-6-18-42-23-9-11-25-27(20-23)44-26-12-10-24(21-28(26)45-25)43-19-7-16-41-32(37)33-13-17-40-31(36)22(2)3;19-7-1-9-21-13-3-5-15-17(11-13)23-16-6-4-14(12-18(16)24-15)22-10-2-8-20;1-6(2)7(10)11-4-3-8-5-9/h4,9-12,20-21H,1-2,5-8,13-19H2,3H3,(H,33,37);3-6,11-12,19-20H,1-2,7-10H2;1,3-4H2,2H3. The second-order valence-corrected chi connectivity index (χ2v) is 25.7. The van der Waals surface area contributed by atoms with Crippen molar-refractivity contribution in [2.45, 2.75) is 111 Å². The lowest BCUT2D eigenvalue weighted by Gasteiger charge is -2.19. The van der Waals surface area contributed by atoms with Crippen molar-refractivity contribution >= 4 is 130 Å². The Labute approximate surface area is 502 Å². The number of rotatable bonds is 31. The molecule has 430 valence electrons. The SMILES string of the molecule is C=C(C)C(=O)OCCN=C=O.C=CC(=O)OCCCC(=O)OCCCSc1ccc2c(c1)Sc1ccc(SCCCOC(=O)NCCOC(=O)C(=C)C)cc1S2.OCCCSc1ccc2c(c1)Sc1ccc(SCCCO)cc1S2. The number of hydrogen-bond acceptors (Lipinski definition) is 22. The second kappa shape index (κ2) is 39.7. The Hall–Kier alpha value is -4.65. The molecule has 2 aliphatic heterocycles. The van der Waals surface area contributed by atoms with E-state index in [0.717, 1.165) is 53.2 Å². The van der Waals surface area contributed by atoms with Crippen molar-refractivity contribution in [1.82, 2.24) is 5.32 Å². The fourth-order valence-electron chi connectivity index (χ4n) is 6.15. The minimum atomic E-state index is -0.534. The van der Waals surface area contributed by atoms with Gasteiger partial charge in [-0.1, -0.05) is 66.8 Å². The van der Waals surface area contributed by atoms with Crippen molar-refractivity contribution in [2.24, 2.45) is 4.99 Å². The second-order valence-electron chi connectivity index (χ2n) is 16.7. The van der Waals surface area contributed by atoms with Crippen LogP contribution in [0.3, 0.4) is 0 Å². The first-order chi connectivity index (χ1) is 38.7. The van der Waals surface area contributed by atoms with E-state index in [2.05, 4.69) is 108 Å². The molecule has 15 nitrogen and oxygen atoms in total. The van der Waals surface area contributed by atoms with Crippen LogP contribution in [0.2, 0.25) is 0 Å². The van der Waals surface area contributed by atoms with Gasteiger partial charge in [-0.15, -0.1) is 47.0 Å². The molecular weight excluding hydrogens is 1180 g/mol. The zero-order valence-corrected chi connectivity index (χ0v) is 51.2. The maximum Gasteiger partial charge on any atom is 0.407 e. The first-order valence-corrected chi connectivity index (χ1v) is 32.5. The minimum absolute atomic E-state index is 0.0674. The van der Waals surface area contributed by atoms with Gasteiger partial charge in [0.05, 0.1) is 32.9 Å². The molecule has 0 aliphatic carbocycles. The van der Waals surface area contributed by atoms with E-state index in [0.29, 0.717) is 37.2 Å². The number of esters is 4. The maximum atomic E-state index is 11.8. The third kappa shape index (κ3) is 27.0. The highest BCUT2D eigenvalue weighted by Crippen LogP contribution is 2.51. The fourth-order valence-corrected chi connectivity index (χ4v) is 14.5. The first kappa shape index (κ1) is 67.9. The van der Waals surface area contributed by atoms with Gasteiger partial charge in [0, 0.05) is 119 Å². The van der Waals surface area contributed by atoms with Gasteiger partial charge in [-0.05, 0) is 119 Å². The smallest absolute Gasteiger partial charge is 0.407 e. The predicted molar refractivity (Wildman–Crippen MR) is 323 cm³/mol. The van der Waals surface area contributed by atoms with Gasteiger partial charge in [-0.3, -0.25) is 4.79 Å². The first-order valence-electron chi connectivity index (χ1n) is 25.3. The fraction of sp³-hybridized carbons (Fsp3) is 0.368. The normalized spacial score (nSPS) is 11.3. The Bertz CT molecular complexity index is 2710. The van der Waals surface area contributed by atoms with Crippen LogP contribution in [0.1, 0.15) is 52.4 Å². The van der Waals surface area contributed by atoms with Crippen LogP contribution in [0.15, 0.2) is 173 Å². The number of isocyanates is 1. The van der Waals surface area contributed by atoms with Crippen molar-refractivity contribution in [3.05, 3.63) is 110 Å². The van der Waals surface area contributed by atoms with Gasteiger partial charge in [0.2, 0.25) is 6.08 Å². The Balaban J connectivity index is 0.000000324. The van der Waals surface area contributed by atoms with Gasteiger partial charge >= 0.3 is 30.0 Å². The highest BCUT2D eigenvalue weighted by Gasteiger charge is 2.20. The van der Waals surface area contributed by atoms with E-state index in [9.17, 15) is 28.8 Å². The Morgan fingerprint density at radius 2 is 0.950 bits per heavy atom. The van der Waals surface area contributed by atoms with Crippen molar-refractivity contribution in [3.63, 3.8) is 0 Å². The molecule has 0 saturated heterocycles. The number of aliphatic imine (C=N–C) groups is 1. The lowest BCUT2D eigenvalue weighted by Crippen LogP contribution is -2.29. The lowest BCUT2D eigenvalue weighted by atomic mass is 10.3. The number of alkyl carbamates (subject to hydrolysis) is 1. The molecule has 4 aromatic carbocycles. The predicted octanol–water partition coefficient (Wildman–Crippen LogP) is 12.9. The van der Waals surface area contributed by atoms with E-state index in [-0.39, 0.29) is 58.5 Å². The van der Waals surface area contributed by atoms with Gasteiger partial charge in [0.15, 0.2) is 0 Å². The van der Waals surface area contributed by atoms with Gasteiger partial charge in [-0.2, -0.15) is 0 Å². The van der Waals surface area contributed by atoms with Crippen LogP contribution in [-0.4, -0.2) is 129 Å². The molecule has 0 fully saturated rings. The van der Waals surface area contributed by atoms with E-state index in [1.54, 1.807) is 84.4 Å². The molecule has 0 bridgehead atoms. The summed E-state index contributed by atoms with van der Waals surface area (Å²) in [7, 11) is 0. The number of thioether (sulfide) groups is 4. The maximum absolute atomic E-state index is 11.8. The highest BCUT2D eigenvalue weighted by atomic mass is 32.2. The van der Waals surface area contributed by atoms with Crippen LogP contribution in [0.5, 0.6) is 0 Å². The molecule has 0 unspecified atom stereocenters. The summed E-state index contributed by atoms with van der Waals surface area (Å²) in [5.74, 6) is 1.82. The molecular formula is C57H66N2O13S8. The summed E-state index contributed by atoms with van der Waals surface area (Å²) in [6, 6.07) is 26.3. The topological polar surface area (TPSA) is 213 Å². The number of nitrogens with zero attached hydrogens (tertiary/aromatic N) is 1. The lowest BCUT2D eigenvalue weighted by molar-refractivity contribution is -0.145. The number of carbonyl (C=O) groups excluding carboxylic acids is 6. The average Bonchev–Trinajstić information content (AvgIpc) is 3.48. The molecule has 2 aliphatic rings. The number of carbonyl (C=O) groups is 5. The molecule has 0 saturated carbocycles. The van der Waals surface area contributed by atoms with E-state index in [1.165, 1.54) is 59.9 Å². The third-order valence-electron chi connectivity index (χ3n) is 10.0. The number of aliphatic hydroxyl groups is 2. The summed E-state index contributed by atoms with van der Waals surface area (Å²) < 4.78 is 24.8. The number of amides is 1. The number of hydrogen-bond donors (Lipinski definition) is 3. The zero-order valence-electron chi connectivity index (χ0n) is 44.7. The van der Waals surface area contributed by atoms with Crippen molar-refractivity contribution in [2.75, 3.05) is 82.3 Å². The Kier molecular flexibility index (Phi) is 33.7. The quantitative estimate of drug-likeness (QED) is 0.00702. The number of benzene rings is 4. The number of fused-ring (bicyclic) bond motifs is 4. The molecule has 2 heterocycles. The van der Waals surface area contributed by atoms with Crippen molar-refractivity contribution < 1.29 is 62.7 Å². The number of nitrogens with one attached hydrogen (secondary N) is 1. The molecule has 1 amide bonds. The molecule has 0 atom stereocenters. The van der Waals surface area contributed by atoms with E-state index >= 15 is 0 Å². The van der Waals surface area contributed by atoms with Crippen LogP contribution in [0.25, 0.3) is 0 Å². The van der Waals surface area contributed by atoms with E-state index in [4.69, 9.17) is 29.2 Å². The summed E-state index contributed by atoms with van der Waals surface area (Å²) in [6.07, 6.45) is 5.67. The van der Waals surface area contributed by atoms with Gasteiger partial charge in [0.25, 0.3) is 0 Å². The van der Waals surface area contributed by atoms with Gasteiger partial charge in [0.1, 0.15) is 13.2 Å². The van der Waals surface area contributed by atoms with Crippen LogP contribution < -0.4 is 5.32 Å². The van der Waals surface area contributed by atoms with Crippen molar-refractivity contribution in [3.8, 4) is 0 Å². The molecule has 80 heavy (non-hydrogen) atoms. The summed E-state index contributed by atoms with van der Waals surface area (Å²) in [5.41, 5.74) is 0.646. The van der Waals surface area contributed by atoms with Gasteiger partial charge < -0.3 is 39.2 Å². The summed E-state index contributed by atoms with van der Waals surface area (Å²) in [5, 5.41) is 20.4. The Morgan fingerprint density at radius 1 is 0.550 bits per heavy atom. The molecule has 6 rings (SSSR count). The number of aliphatic hydroxyl groups excluding tert-OH is 2. The third-order valence-corrected chi connectivity index (χ3v) is 19.4. The average molecular weight is 1240 g/mol. The van der Waals surface area contributed by atoms with Crippen molar-refractivity contribution in [1.29, 1.82) is 0 Å². The summed E-state index contributed by atoms with van der Waals surface area (Å²) in [6.45, 7) is 15.2. The Morgan fingerprint density at radius 3 is 1.35 bits per heavy atom. The van der Waals surface area contributed by atoms with Gasteiger partial charge in [-0.25, -0.2) is 29.0 Å². The minimum Gasteiger partial charge on any atom is -0.466 e. The highest BCUT2D eigenvalue weighted by molar-refractivity contribution is 8.06. The molecule has 0 spiro atoms. The molecule has 0 aromatic heterocycles. The molecule has 23 heteroatoms. The number of ether oxygens (including phenoxy) is 5. The monoisotopic (exact) mass is 1240 g/mol. The van der Waals surface area contributed by atoms with Crippen LogP contribution in [0, 0.1) is 0 Å². The van der Waals surface area contributed by atoms with E-state index in [1.807, 2.05) is 23.5 Å². The molecule has 0 radical (unpaired) electrons. The van der Waals surface area contributed by atoms with Crippen LogP contribution in [0.4, 0.5) is 4.79 Å². The van der Waals surface area contributed by atoms with Crippen LogP contribution >= 0.6 is 94.1 Å². The van der Waals surface area contributed by atoms with Crippen LogP contribution in [-0.2, 0) is 47.7 Å². The molecule has 4 aromatic rings.